The number of fused-ring (bicyclic) bond motifs is 7. The summed E-state index contributed by atoms with van der Waals surface area (Å²) in [7, 11) is 0. The first-order chi connectivity index (χ1) is 15.7. The quantitative estimate of drug-likeness (QED) is 0.465. The fourth-order valence-electron chi connectivity index (χ4n) is 11.4. The Kier molecular flexibility index (Phi) is 4.73. The molecule has 3 N–H and O–H groups in total. The van der Waals surface area contributed by atoms with Gasteiger partial charge in [0.15, 0.2) is 0 Å². The van der Waals surface area contributed by atoms with E-state index in [1.54, 1.807) is 0 Å². The molecule has 0 amide bonds. The predicted octanol–water partition coefficient (Wildman–Crippen LogP) is 5.10. The van der Waals surface area contributed by atoms with Crippen LogP contribution >= 0.6 is 0 Å². The summed E-state index contributed by atoms with van der Waals surface area (Å²) in [5.74, 6) is 1.30. The van der Waals surface area contributed by atoms with Crippen molar-refractivity contribution in [2.45, 2.75) is 118 Å². The molecule has 2 bridgehead atoms. The van der Waals surface area contributed by atoms with E-state index in [1.165, 1.54) is 18.4 Å². The molecule has 4 nitrogen and oxygen atoms in total. The van der Waals surface area contributed by atoms with Gasteiger partial charge in [-0.3, -0.25) is 0 Å². The van der Waals surface area contributed by atoms with E-state index in [9.17, 15) is 15.3 Å². The van der Waals surface area contributed by atoms with Crippen molar-refractivity contribution < 1.29 is 20.1 Å². The van der Waals surface area contributed by atoms with Crippen molar-refractivity contribution in [1.29, 1.82) is 0 Å². The fraction of sp³-hybridized carbons (Fsp3) is 0.933. The third kappa shape index (κ3) is 2.42. The maximum absolute atomic E-state index is 11.5. The van der Waals surface area contributed by atoms with E-state index in [0.717, 1.165) is 32.1 Å². The minimum Gasteiger partial charge on any atom is -0.396 e. The van der Waals surface area contributed by atoms with Gasteiger partial charge in [-0.05, 0) is 89.8 Å². The summed E-state index contributed by atoms with van der Waals surface area (Å²) in [6.45, 7) is 16.7. The third-order valence-corrected chi connectivity index (χ3v) is 13.6. The van der Waals surface area contributed by atoms with Gasteiger partial charge in [-0.2, -0.15) is 0 Å². The highest BCUT2D eigenvalue weighted by Gasteiger charge is 2.75. The lowest BCUT2D eigenvalue weighted by atomic mass is 9.33. The van der Waals surface area contributed by atoms with Crippen LogP contribution in [0.3, 0.4) is 0 Å². The monoisotopic (exact) mass is 472 g/mol. The van der Waals surface area contributed by atoms with Gasteiger partial charge in [0.05, 0.1) is 36.4 Å². The molecular weight excluding hydrogens is 424 g/mol. The highest BCUT2D eigenvalue weighted by molar-refractivity contribution is 5.37. The van der Waals surface area contributed by atoms with Crippen molar-refractivity contribution >= 4 is 0 Å². The van der Waals surface area contributed by atoms with E-state index in [-0.39, 0.29) is 57.9 Å². The Balaban J connectivity index is 1.48. The molecule has 11 unspecified atom stereocenters. The molecule has 4 heteroatoms. The van der Waals surface area contributed by atoms with Crippen LogP contribution in [-0.4, -0.2) is 46.3 Å². The Hall–Kier alpha value is -0.420. The first-order valence-electron chi connectivity index (χ1n) is 14.0. The average Bonchev–Trinajstić information content (AvgIpc) is 3.00. The van der Waals surface area contributed by atoms with E-state index < -0.39 is 11.5 Å². The zero-order valence-electron chi connectivity index (χ0n) is 22.5. The van der Waals surface area contributed by atoms with E-state index in [0.29, 0.717) is 11.8 Å². The number of rotatable bonds is 1. The topological polar surface area (TPSA) is 69.9 Å². The van der Waals surface area contributed by atoms with E-state index in [2.05, 4.69) is 54.5 Å². The van der Waals surface area contributed by atoms with Gasteiger partial charge < -0.3 is 20.1 Å². The summed E-state index contributed by atoms with van der Waals surface area (Å²) in [5, 5.41) is 33.2. The van der Waals surface area contributed by atoms with E-state index in [4.69, 9.17) is 4.74 Å². The summed E-state index contributed by atoms with van der Waals surface area (Å²) in [4.78, 5) is 0. The van der Waals surface area contributed by atoms with Crippen LogP contribution < -0.4 is 0 Å². The van der Waals surface area contributed by atoms with Crippen LogP contribution in [0, 0.1) is 50.2 Å². The highest BCUT2D eigenvalue weighted by Crippen LogP contribution is 2.77. The summed E-state index contributed by atoms with van der Waals surface area (Å²) in [5.41, 5.74) is 1.21. The van der Waals surface area contributed by atoms with Crippen molar-refractivity contribution in [3.8, 4) is 0 Å². The maximum Gasteiger partial charge on any atom is 0.0916 e. The van der Waals surface area contributed by atoms with Crippen LogP contribution in [0.5, 0.6) is 0 Å². The largest absolute Gasteiger partial charge is 0.396 e. The van der Waals surface area contributed by atoms with Gasteiger partial charge in [-0.25, -0.2) is 0 Å². The SMILES string of the molecule is CC1(C)CC2C3=CCC4C5(C)CCC(O)C(C)(C)C5CCC4(C)C3(C)CC3OC1C(O)C32CO. The van der Waals surface area contributed by atoms with Crippen LogP contribution in [0.15, 0.2) is 11.6 Å². The van der Waals surface area contributed by atoms with Crippen LogP contribution in [0.1, 0.15) is 93.4 Å². The fourth-order valence-corrected chi connectivity index (χ4v) is 11.4. The minimum atomic E-state index is -0.596. The summed E-state index contributed by atoms with van der Waals surface area (Å²) < 4.78 is 6.73. The molecule has 1 saturated heterocycles. The molecule has 6 rings (SSSR count). The Morgan fingerprint density at radius 2 is 1.65 bits per heavy atom. The molecular formula is C30H48O4. The Morgan fingerprint density at radius 1 is 0.941 bits per heavy atom. The van der Waals surface area contributed by atoms with Crippen molar-refractivity contribution in [2.24, 2.45) is 50.2 Å². The minimum absolute atomic E-state index is 0.00708. The zero-order chi connectivity index (χ0) is 24.7. The van der Waals surface area contributed by atoms with Crippen molar-refractivity contribution in [3.05, 3.63) is 11.6 Å². The normalized spacial score (nSPS) is 58.9. The Bertz CT molecular complexity index is 923. The van der Waals surface area contributed by atoms with Gasteiger partial charge in [-0.15, -0.1) is 0 Å². The van der Waals surface area contributed by atoms with Crippen LogP contribution in [0.25, 0.3) is 0 Å². The zero-order valence-corrected chi connectivity index (χ0v) is 22.5. The average molecular weight is 473 g/mol. The molecule has 192 valence electrons. The molecule has 0 aromatic heterocycles. The Labute approximate surface area is 206 Å². The second-order valence-electron chi connectivity index (χ2n) is 15.4. The number of hydrogen-bond acceptors (Lipinski definition) is 4. The van der Waals surface area contributed by atoms with Crippen LogP contribution in [0.4, 0.5) is 0 Å². The second-order valence-corrected chi connectivity index (χ2v) is 15.4. The molecule has 0 spiro atoms. The lowest BCUT2D eigenvalue weighted by molar-refractivity contribution is -0.211. The molecule has 5 aliphatic carbocycles. The molecule has 0 radical (unpaired) electrons. The molecule has 34 heavy (non-hydrogen) atoms. The van der Waals surface area contributed by atoms with Crippen LogP contribution in [-0.2, 0) is 4.74 Å². The first-order valence-corrected chi connectivity index (χ1v) is 14.0. The number of allylic oxidation sites excluding steroid dienone is 2. The molecule has 1 heterocycles. The van der Waals surface area contributed by atoms with Gasteiger partial charge in [0, 0.05) is 0 Å². The maximum atomic E-state index is 11.5. The summed E-state index contributed by atoms with van der Waals surface area (Å²) >= 11 is 0. The van der Waals surface area contributed by atoms with Gasteiger partial charge in [0.1, 0.15) is 0 Å². The lowest BCUT2D eigenvalue weighted by Gasteiger charge is -2.71. The predicted molar refractivity (Wildman–Crippen MR) is 133 cm³/mol. The summed E-state index contributed by atoms with van der Waals surface area (Å²) in [6.07, 6.45) is 8.84. The smallest absolute Gasteiger partial charge is 0.0916 e. The molecule has 11 atom stereocenters. The second kappa shape index (κ2) is 6.71. The van der Waals surface area contributed by atoms with E-state index in [1.807, 2.05) is 0 Å². The number of aliphatic hydroxyl groups excluding tert-OH is 3. The van der Waals surface area contributed by atoms with Crippen molar-refractivity contribution in [2.75, 3.05) is 6.61 Å². The molecule has 6 aliphatic rings. The van der Waals surface area contributed by atoms with Crippen molar-refractivity contribution in [3.63, 3.8) is 0 Å². The van der Waals surface area contributed by atoms with Gasteiger partial charge >= 0.3 is 0 Å². The molecule has 5 fully saturated rings. The summed E-state index contributed by atoms with van der Waals surface area (Å²) in [6, 6.07) is 0. The van der Waals surface area contributed by atoms with E-state index >= 15 is 0 Å². The number of ether oxygens (including phenoxy) is 1. The van der Waals surface area contributed by atoms with Crippen molar-refractivity contribution in [1.82, 2.24) is 0 Å². The standard InChI is InChI=1S/C30H48O4/c1-25(2)14-18-17-8-9-20-27(5)12-11-21(32)26(3,4)19(27)10-13-28(20,6)29(17,7)15-22-30(18,16-31)23(33)24(25)34-22/h8,18-24,31-33H,9-16H2,1-7H3. The van der Waals surface area contributed by atoms with Gasteiger partial charge in [-0.1, -0.05) is 60.1 Å². The molecule has 0 aromatic carbocycles. The Morgan fingerprint density at radius 3 is 2.32 bits per heavy atom. The highest BCUT2D eigenvalue weighted by atomic mass is 16.5. The number of hydrogen-bond donors (Lipinski definition) is 3. The molecule has 0 aromatic rings. The van der Waals surface area contributed by atoms with Gasteiger partial charge in [0.2, 0.25) is 0 Å². The first kappa shape index (κ1) is 23.9. The van der Waals surface area contributed by atoms with Gasteiger partial charge in [0.25, 0.3) is 0 Å². The molecule has 4 saturated carbocycles. The van der Waals surface area contributed by atoms with Crippen LogP contribution in [0.2, 0.25) is 0 Å². The lowest BCUT2D eigenvalue weighted by Crippen LogP contribution is -2.67. The number of aliphatic hydroxyl groups is 3. The third-order valence-electron chi connectivity index (χ3n) is 13.6. The molecule has 1 aliphatic heterocycles.